The lowest BCUT2D eigenvalue weighted by molar-refractivity contribution is 0.0730. The van der Waals surface area contributed by atoms with Crippen molar-refractivity contribution in [3.63, 3.8) is 0 Å². The molecule has 0 unspecified atom stereocenters. The van der Waals surface area contributed by atoms with E-state index >= 15 is 0 Å². The van der Waals surface area contributed by atoms with Crippen LogP contribution in [0.3, 0.4) is 0 Å². The standard InChI is InChI=1S/C16H18N2O4S2/c19-16(15-2-1-11-23-15)17-12-13-3-5-14(6-4-13)24(20,21)18-7-9-22-10-8-18/h1-6,11H,7-10,12H2,(H,17,19). The van der Waals surface area contributed by atoms with Gasteiger partial charge in [-0.25, -0.2) is 8.42 Å². The van der Waals surface area contributed by atoms with Crippen LogP contribution in [-0.4, -0.2) is 44.9 Å². The van der Waals surface area contributed by atoms with Gasteiger partial charge in [0.15, 0.2) is 0 Å². The van der Waals surface area contributed by atoms with Crippen LogP contribution in [0.25, 0.3) is 0 Å². The third-order valence-corrected chi connectivity index (χ3v) is 6.51. The maximum atomic E-state index is 12.5. The molecule has 0 saturated carbocycles. The molecule has 2 aromatic rings. The number of hydrogen-bond donors (Lipinski definition) is 1. The van der Waals surface area contributed by atoms with Gasteiger partial charge in [-0.05, 0) is 29.1 Å². The maximum absolute atomic E-state index is 12.5. The van der Waals surface area contributed by atoms with Crippen molar-refractivity contribution >= 4 is 27.3 Å². The first kappa shape index (κ1) is 17.1. The van der Waals surface area contributed by atoms with Crippen molar-refractivity contribution in [2.24, 2.45) is 0 Å². The molecule has 0 radical (unpaired) electrons. The van der Waals surface area contributed by atoms with Crippen molar-refractivity contribution in [3.8, 4) is 0 Å². The third kappa shape index (κ3) is 3.84. The van der Waals surface area contributed by atoms with Crippen LogP contribution in [-0.2, 0) is 21.3 Å². The summed E-state index contributed by atoms with van der Waals surface area (Å²) in [5.41, 5.74) is 0.848. The molecule has 1 fully saturated rings. The highest BCUT2D eigenvalue weighted by molar-refractivity contribution is 7.89. The van der Waals surface area contributed by atoms with Crippen LogP contribution in [0, 0.1) is 0 Å². The van der Waals surface area contributed by atoms with Crippen LogP contribution in [0.2, 0.25) is 0 Å². The van der Waals surface area contributed by atoms with Gasteiger partial charge in [0.25, 0.3) is 5.91 Å². The predicted molar refractivity (Wildman–Crippen MR) is 91.5 cm³/mol. The zero-order valence-electron chi connectivity index (χ0n) is 13.0. The summed E-state index contributed by atoms with van der Waals surface area (Å²) < 4.78 is 31.7. The molecule has 1 aliphatic rings. The zero-order valence-corrected chi connectivity index (χ0v) is 14.6. The van der Waals surface area contributed by atoms with Gasteiger partial charge < -0.3 is 10.1 Å². The normalized spacial score (nSPS) is 16.0. The molecule has 3 rings (SSSR count). The van der Waals surface area contributed by atoms with Crippen LogP contribution in [0.1, 0.15) is 15.2 Å². The van der Waals surface area contributed by atoms with E-state index in [2.05, 4.69) is 5.32 Å². The molecule has 128 valence electrons. The quantitative estimate of drug-likeness (QED) is 0.874. The number of hydrogen-bond acceptors (Lipinski definition) is 5. The zero-order chi connectivity index (χ0) is 17.0. The summed E-state index contributed by atoms with van der Waals surface area (Å²) in [6.45, 7) is 1.95. The summed E-state index contributed by atoms with van der Waals surface area (Å²) in [6, 6.07) is 10.2. The van der Waals surface area contributed by atoms with Crippen molar-refractivity contribution in [2.45, 2.75) is 11.4 Å². The van der Waals surface area contributed by atoms with Crippen molar-refractivity contribution < 1.29 is 17.9 Å². The molecule has 24 heavy (non-hydrogen) atoms. The third-order valence-electron chi connectivity index (χ3n) is 3.73. The minimum absolute atomic E-state index is 0.130. The van der Waals surface area contributed by atoms with Gasteiger partial charge in [-0.1, -0.05) is 18.2 Å². The fraction of sp³-hybridized carbons (Fsp3) is 0.312. The summed E-state index contributed by atoms with van der Waals surface area (Å²) in [6.07, 6.45) is 0. The smallest absolute Gasteiger partial charge is 0.261 e. The second-order valence-electron chi connectivity index (χ2n) is 5.32. The van der Waals surface area contributed by atoms with E-state index in [-0.39, 0.29) is 10.8 Å². The van der Waals surface area contributed by atoms with Crippen LogP contribution >= 0.6 is 11.3 Å². The molecule has 1 aliphatic heterocycles. The molecule has 0 aliphatic carbocycles. The summed E-state index contributed by atoms with van der Waals surface area (Å²) in [4.78, 5) is 12.8. The van der Waals surface area contributed by atoms with Gasteiger partial charge in [0.05, 0.1) is 23.0 Å². The molecule has 1 saturated heterocycles. The summed E-state index contributed by atoms with van der Waals surface area (Å²) in [5.74, 6) is -0.130. The predicted octanol–water partition coefficient (Wildman–Crippen LogP) is 1.70. The van der Waals surface area contributed by atoms with Gasteiger partial charge >= 0.3 is 0 Å². The van der Waals surface area contributed by atoms with Crippen molar-refractivity contribution in [3.05, 3.63) is 52.2 Å². The van der Waals surface area contributed by atoms with Crippen molar-refractivity contribution in [1.82, 2.24) is 9.62 Å². The SMILES string of the molecule is O=C(NCc1ccc(S(=O)(=O)N2CCOCC2)cc1)c1cccs1. The van der Waals surface area contributed by atoms with Gasteiger partial charge in [-0.15, -0.1) is 11.3 Å². The lowest BCUT2D eigenvalue weighted by Gasteiger charge is -2.26. The molecule has 1 N–H and O–H groups in total. The van der Waals surface area contributed by atoms with Gasteiger partial charge in [-0.2, -0.15) is 4.31 Å². The number of carbonyl (C=O) groups excluding carboxylic acids is 1. The monoisotopic (exact) mass is 366 g/mol. The van der Waals surface area contributed by atoms with Gasteiger partial charge in [0.1, 0.15) is 0 Å². The van der Waals surface area contributed by atoms with Gasteiger partial charge in [-0.3, -0.25) is 4.79 Å². The second kappa shape index (κ2) is 7.43. The van der Waals surface area contributed by atoms with Crippen LogP contribution < -0.4 is 5.32 Å². The Morgan fingerprint density at radius 3 is 2.50 bits per heavy atom. The van der Waals surface area contributed by atoms with E-state index in [1.165, 1.54) is 15.6 Å². The molecule has 8 heteroatoms. The molecule has 2 heterocycles. The maximum Gasteiger partial charge on any atom is 0.261 e. The van der Waals surface area contributed by atoms with E-state index < -0.39 is 10.0 Å². The van der Waals surface area contributed by atoms with Gasteiger partial charge in [0, 0.05) is 19.6 Å². The van der Waals surface area contributed by atoms with E-state index in [1.807, 2.05) is 11.4 Å². The molecule has 0 bridgehead atoms. The lowest BCUT2D eigenvalue weighted by Crippen LogP contribution is -2.40. The van der Waals surface area contributed by atoms with Crippen LogP contribution in [0.5, 0.6) is 0 Å². The van der Waals surface area contributed by atoms with Crippen molar-refractivity contribution in [2.75, 3.05) is 26.3 Å². The van der Waals surface area contributed by atoms with E-state index in [4.69, 9.17) is 4.74 Å². The summed E-state index contributed by atoms with van der Waals surface area (Å²) in [5, 5.41) is 4.67. The molecule has 1 aromatic carbocycles. The molecule has 1 amide bonds. The highest BCUT2D eigenvalue weighted by Crippen LogP contribution is 2.18. The highest BCUT2D eigenvalue weighted by Gasteiger charge is 2.26. The number of benzene rings is 1. The Morgan fingerprint density at radius 1 is 1.17 bits per heavy atom. The molecule has 6 nitrogen and oxygen atoms in total. The summed E-state index contributed by atoms with van der Waals surface area (Å²) >= 11 is 1.38. The average molecular weight is 366 g/mol. The number of ether oxygens (including phenoxy) is 1. The number of sulfonamides is 1. The van der Waals surface area contributed by atoms with E-state index in [0.29, 0.717) is 37.7 Å². The summed E-state index contributed by atoms with van der Waals surface area (Å²) in [7, 11) is -3.48. The Bertz CT molecular complexity index is 780. The van der Waals surface area contributed by atoms with Crippen LogP contribution in [0.4, 0.5) is 0 Å². The molecule has 1 aromatic heterocycles. The fourth-order valence-electron chi connectivity index (χ4n) is 2.39. The number of nitrogens with zero attached hydrogens (tertiary/aromatic N) is 1. The topological polar surface area (TPSA) is 75.7 Å². The molecule has 0 spiro atoms. The number of amides is 1. The molecule has 0 atom stereocenters. The van der Waals surface area contributed by atoms with Crippen molar-refractivity contribution in [1.29, 1.82) is 0 Å². The fourth-order valence-corrected chi connectivity index (χ4v) is 4.44. The number of rotatable bonds is 5. The number of nitrogens with one attached hydrogen (secondary N) is 1. The van der Waals surface area contributed by atoms with E-state index in [0.717, 1.165) is 5.56 Å². The van der Waals surface area contributed by atoms with Crippen LogP contribution in [0.15, 0.2) is 46.7 Å². The number of carbonyl (C=O) groups is 1. The minimum Gasteiger partial charge on any atom is -0.379 e. The second-order valence-corrected chi connectivity index (χ2v) is 8.21. The first-order chi connectivity index (χ1) is 11.6. The van der Waals surface area contributed by atoms with E-state index in [9.17, 15) is 13.2 Å². The Balaban J connectivity index is 1.63. The highest BCUT2D eigenvalue weighted by atomic mass is 32.2. The van der Waals surface area contributed by atoms with E-state index in [1.54, 1.807) is 30.3 Å². The number of thiophene rings is 1. The number of morpholine rings is 1. The minimum atomic E-state index is -3.48. The first-order valence-electron chi connectivity index (χ1n) is 7.56. The van der Waals surface area contributed by atoms with Gasteiger partial charge in [0.2, 0.25) is 10.0 Å². The lowest BCUT2D eigenvalue weighted by atomic mass is 10.2. The first-order valence-corrected chi connectivity index (χ1v) is 9.88. The average Bonchev–Trinajstić information content (AvgIpc) is 3.15. The Hall–Kier alpha value is -1.74. The largest absolute Gasteiger partial charge is 0.379 e. The Labute approximate surface area is 145 Å². The Morgan fingerprint density at radius 2 is 1.88 bits per heavy atom. The molecular weight excluding hydrogens is 348 g/mol. The Kier molecular flexibility index (Phi) is 5.30. The molecular formula is C16H18N2O4S2.